The highest BCUT2D eigenvalue weighted by atomic mass is 32.1. The topological polar surface area (TPSA) is 105 Å². The number of nitrogens with zero attached hydrogens (tertiary/aromatic N) is 2. The fourth-order valence-electron chi connectivity index (χ4n) is 1.40. The van der Waals surface area contributed by atoms with Gasteiger partial charge in [-0.05, 0) is 23.6 Å². The van der Waals surface area contributed by atoms with E-state index in [1.807, 2.05) is 0 Å². The first-order valence-electron chi connectivity index (χ1n) is 5.42. The van der Waals surface area contributed by atoms with Crippen molar-refractivity contribution >= 4 is 29.1 Å². The summed E-state index contributed by atoms with van der Waals surface area (Å²) in [6, 6.07) is 7.20. The number of nitro groups is 1. The predicted octanol–water partition coefficient (Wildman–Crippen LogP) is 2.13. The van der Waals surface area contributed by atoms with Crippen LogP contribution in [0.15, 0.2) is 40.8 Å². The molecule has 7 nitrogen and oxygen atoms in total. The molecular weight excluding hydrogens is 282 g/mol. The van der Waals surface area contributed by atoms with Crippen molar-refractivity contribution in [3.63, 3.8) is 0 Å². The molecule has 1 amide bonds. The average Bonchev–Trinajstić information content (AvgIpc) is 2.94. The third-order valence-electron chi connectivity index (χ3n) is 2.32. The molecule has 0 aliphatic carbocycles. The quantitative estimate of drug-likeness (QED) is 0.511. The third kappa shape index (κ3) is 3.18. The van der Waals surface area contributed by atoms with Crippen molar-refractivity contribution < 1.29 is 14.8 Å². The molecule has 0 saturated carbocycles. The highest BCUT2D eigenvalue weighted by molar-refractivity contribution is 7.12. The first-order chi connectivity index (χ1) is 9.58. The van der Waals surface area contributed by atoms with Gasteiger partial charge in [-0.25, -0.2) is 5.43 Å². The number of hydrogen-bond donors (Lipinski definition) is 2. The maximum Gasteiger partial charge on any atom is 0.311 e. The number of benzene rings is 1. The van der Waals surface area contributed by atoms with Crippen LogP contribution >= 0.6 is 11.3 Å². The Kier molecular flexibility index (Phi) is 4.06. The van der Waals surface area contributed by atoms with Crippen LogP contribution in [0, 0.1) is 10.1 Å². The molecule has 0 aliphatic rings. The fourth-order valence-corrected chi connectivity index (χ4v) is 2.01. The van der Waals surface area contributed by atoms with Gasteiger partial charge in [0.25, 0.3) is 5.91 Å². The maximum absolute atomic E-state index is 11.6. The lowest BCUT2D eigenvalue weighted by molar-refractivity contribution is -0.385. The Labute approximate surface area is 117 Å². The van der Waals surface area contributed by atoms with Gasteiger partial charge in [0.15, 0.2) is 5.75 Å². The highest BCUT2D eigenvalue weighted by Gasteiger charge is 2.12. The van der Waals surface area contributed by atoms with E-state index in [9.17, 15) is 20.0 Å². The summed E-state index contributed by atoms with van der Waals surface area (Å²) >= 11 is 1.28. The Bertz CT molecular complexity index is 667. The van der Waals surface area contributed by atoms with Crippen molar-refractivity contribution in [1.29, 1.82) is 0 Å². The molecule has 0 aliphatic heterocycles. The summed E-state index contributed by atoms with van der Waals surface area (Å²) in [4.78, 5) is 22.0. The van der Waals surface area contributed by atoms with Gasteiger partial charge in [-0.1, -0.05) is 6.07 Å². The minimum absolute atomic E-state index is 0.357. The number of rotatable bonds is 4. The zero-order chi connectivity index (χ0) is 14.5. The van der Waals surface area contributed by atoms with Crippen LogP contribution in [-0.4, -0.2) is 22.2 Å². The van der Waals surface area contributed by atoms with Gasteiger partial charge in [-0.3, -0.25) is 14.9 Å². The first kappa shape index (κ1) is 13.7. The smallest absolute Gasteiger partial charge is 0.311 e. The molecule has 2 aromatic rings. The van der Waals surface area contributed by atoms with E-state index in [4.69, 9.17) is 0 Å². The normalized spacial score (nSPS) is 10.6. The zero-order valence-electron chi connectivity index (χ0n) is 10.0. The van der Waals surface area contributed by atoms with Crippen molar-refractivity contribution in [2.45, 2.75) is 0 Å². The summed E-state index contributed by atoms with van der Waals surface area (Å²) in [5.74, 6) is -0.778. The van der Waals surface area contributed by atoms with E-state index in [0.717, 1.165) is 6.07 Å². The number of hydrogen-bond acceptors (Lipinski definition) is 6. The van der Waals surface area contributed by atoms with Crippen molar-refractivity contribution in [2.24, 2.45) is 5.10 Å². The van der Waals surface area contributed by atoms with Crippen LogP contribution in [-0.2, 0) is 0 Å². The predicted molar refractivity (Wildman–Crippen MR) is 74.1 cm³/mol. The molecule has 1 heterocycles. The van der Waals surface area contributed by atoms with Crippen molar-refractivity contribution in [2.75, 3.05) is 0 Å². The second-order valence-corrected chi connectivity index (χ2v) is 4.63. The van der Waals surface area contributed by atoms with Gasteiger partial charge in [-0.15, -0.1) is 11.3 Å². The van der Waals surface area contributed by atoms with Gasteiger partial charge >= 0.3 is 5.69 Å². The molecule has 102 valence electrons. The lowest BCUT2D eigenvalue weighted by atomic mass is 10.2. The molecule has 1 aromatic heterocycles. The molecule has 8 heteroatoms. The molecule has 0 radical (unpaired) electrons. The number of carbonyl (C=O) groups is 1. The number of thiophene rings is 1. The Morgan fingerprint density at radius 3 is 2.90 bits per heavy atom. The molecular formula is C12H9N3O4S. The molecule has 0 unspecified atom stereocenters. The molecule has 20 heavy (non-hydrogen) atoms. The Balaban J connectivity index is 2.07. The summed E-state index contributed by atoms with van der Waals surface area (Å²) in [5.41, 5.74) is 2.28. The van der Waals surface area contributed by atoms with Crippen LogP contribution in [0.2, 0.25) is 0 Å². The second kappa shape index (κ2) is 5.93. The van der Waals surface area contributed by atoms with Crippen LogP contribution in [0.4, 0.5) is 5.69 Å². The van der Waals surface area contributed by atoms with Crippen LogP contribution in [0.25, 0.3) is 0 Å². The number of nitro benzene ring substituents is 1. The van der Waals surface area contributed by atoms with Gasteiger partial charge in [0, 0.05) is 11.6 Å². The number of phenolic OH excluding ortho intramolecular Hbond substituents is 1. The number of amides is 1. The molecule has 0 fully saturated rings. The summed E-state index contributed by atoms with van der Waals surface area (Å²) in [7, 11) is 0. The molecule has 2 N–H and O–H groups in total. The molecule has 0 saturated heterocycles. The largest absolute Gasteiger partial charge is 0.502 e. The van der Waals surface area contributed by atoms with Gasteiger partial charge in [0.1, 0.15) is 0 Å². The third-order valence-corrected chi connectivity index (χ3v) is 3.19. The molecule has 0 atom stereocenters. The van der Waals surface area contributed by atoms with Crippen molar-refractivity contribution in [3.8, 4) is 5.75 Å². The lowest BCUT2D eigenvalue weighted by Gasteiger charge is -1.98. The van der Waals surface area contributed by atoms with E-state index in [1.165, 1.54) is 29.7 Å². The first-order valence-corrected chi connectivity index (χ1v) is 6.30. The Morgan fingerprint density at radius 2 is 2.25 bits per heavy atom. The van der Waals surface area contributed by atoms with E-state index in [0.29, 0.717) is 10.4 Å². The number of aromatic hydroxyl groups is 1. The monoisotopic (exact) mass is 291 g/mol. The van der Waals surface area contributed by atoms with Gasteiger partial charge in [-0.2, -0.15) is 5.10 Å². The van der Waals surface area contributed by atoms with E-state index in [-0.39, 0.29) is 5.91 Å². The van der Waals surface area contributed by atoms with Gasteiger partial charge < -0.3 is 5.11 Å². The maximum atomic E-state index is 11.6. The lowest BCUT2D eigenvalue weighted by Crippen LogP contribution is -2.16. The summed E-state index contributed by atoms with van der Waals surface area (Å²) < 4.78 is 0. The van der Waals surface area contributed by atoms with Crippen LogP contribution in [0.3, 0.4) is 0 Å². The Morgan fingerprint density at radius 1 is 1.45 bits per heavy atom. The van der Waals surface area contributed by atoms with Gasteiger partial charge in [0.2, 0.25) is 0 Å². The number of carbonyl (C=O) groups excluding carboxylic acids is 1. The number of phenols is 1. The minimum atomic E-state index is -0.698. The number of nitrogens with one attached hydrogen (secondary N) is 1. The van der Waals surface area contributed by atoms with E-state index in [2.05, 4.69) is 10.5 Å². The summed E-state index contributed by atoms with van der Waals surface area (Å²) in [6.45, 7) is 0. The van der Waals surface area contributed by atoms with Crippen LogP contribution in [0.5, 0.6) is 5.75 Å². The van der Waals surface area contributed by atoms with Crippen molar-refractivity contribution in [1.82, 2.24) is 5.43 Å². The zero-order valence-corrected chi connectivity index (χ0v) is 10.8. The molecule has 2 rings (SSSR count). The molecule has 0 bridgehead atoms. The van der Waals surface area contributed by atoms with Crippen molar-refractivity contribution in [3.05, 3.63) is 56.3 Å². The summed E-state index contributed by atoms with van der Waals surface area (Å²) in [6.07, 6.45) is 1.26. The van der Waals surface area contributed by atoms with E-state index < -0.39 is 16.4 Å². The molecule has 1 aromatic carbocycles. The van der Waals surface area contributed by atoms with Crippen LogP contribution < -0.4 is 5.43 Å². The SMILES string of the molecule is O=C(N/N=C/c1ccc(O)c([N+](=O)[O-])c1)c1cccs1. The van der Waals surface area contributed by atoms with Crippen LogP contribution in [0.1, 0.15) is 15.2 Å². The van der Waals surface area contributed by atoms with Gasteiger partial charge in [0.05, 0.1) is 16.0 Å². The standard InChI is InChI=1S/C12H9N3O4S/c16-10-4-3-8(6-9(10)15(18)19)7-13-14-12(17)11-2-1-5-20-11/h1-7,16H,(H,14,17)/b13-7+. The Hall–Kier alpha value is -2.74. The average molecular weight is 291 g/mol. The summed E-state index contributed by atoms with van der Waals surface area (Å²) in [5, 5.41) is 25.4. The van der Waals surface area contributed by atoms with E-state index >= 15 is 0 Å². The fraction of sp³-hybridized carbons (Fsp3) is 0. The minimum Gasteiger partial charge on any atom is -0.502 e. The second-order valence-electron chi connectivity index (χ2n) is 3.68. The van der Waals surface area contributed by atoms with E-state index in [1.54, 1.807) is 17.5 Å². The molecule has 0 spiro atoms. The number of hydrazone groups is 1. The highest BCUT2D eigenvalue weighted by Crippen LogP contribution is 2.25.